The number of rotatable bonds is 26. The number of carbonyl (C=O) groups is 2. The largest absolute Gasteiger partial charge is 2.00 e. The van der Waals surface area contributed by atoms with Gasteiger partial charge in [-0.1, -0.05) is 117 Å². The molecule has 0 aliphatic heterocycles. The Balaban J connectivity index is -0.000000231. The van der Waals surface area contributed by atoms with Crippen LogP contribution >= 0.6 is 0 Å². The smallest absolute Gasteiger partial charge is 2.00 e. The molecule has 0 bridgehead atoms. The van der Waals surface area contributed by atoms with Crippen molar-refractivity contribution in [2.45, 2.75) is 191 Å². The summed E-state index contributed by atoms with van der Waals surface area (Å²) in [7, 11) is 0. The topological polar surface area (TPSA) is 80.3 Å². The summed E-state index contributed by atoms with van der Waals surface area (Å²) in [5.41, 5.74) is 0. The van der Waals surface area contributed by atoms with E-state index in [2.05, 4.69) is 27.7 Å². The number of hydrogen-bond donors (Lipinski definition) is 0. The van der Waals surface area contributed by atoms with E-state index in [-0.39, 0.29) is 50.8 Å². The molecule has 6 heteroatoms. The molecule has 1 radical (unpaired) electrons. The standard InChI is InChI=1S/2C12H24O2.2C4H9.Co.Sn/c2*1-2-3-4-5-6-7-8-9-10-11-12(13)14;2*1-3-4-2;;/h2*2-11H2,1H3,(H,13,14);2*1,3-4H2,2H3;;/q;;;;2*+2/p-2. The average Bonchev–Trinajstić information content (AvgIpc) is 2.87. The summed E-state index contributed by atoms with van der Waals surface area (Å²) in [4.78, 5) is 20.2. The quantitative estimate of drug-likeness (QED) is 0.0675. The Kier molecular flexibility index (Phi) is 52.7. The third-order valence-electron chi connectivity index (χ3n) is 6.38. The molecule has 0 N–H and O–H groups in total. The molecular weight excluding hydrogens is 626 g/mol. The van der Waals surface area contributed by atoms with Gasteiger partial charge in [0.05, 0.1) is 0 Å². The second-order valence-corrected chi connectivity index (χ2v) is 14.6. The first kappa shape index (κ1) is 45.2. The maximum atomic E-state index is 10.1. The summed E-state index contributed by atoms with van der Waals surface area (Å²) in [6.45, 7) is 9.03. The minimum absolute atomic E-state index is 0. The van der Waals surface area contributed by atoms with Crippen molar-refractivity contribution in [3.8, 4) is 0 Å². The summed E-state index contributed by atoms with van der Waals surface area (Å²) in [5, 5.41) is 20.2. The Morgan fingerprint density at radius 1 is 0.421 bits per heavy atom. The molecule has 0 atom stereocenters. The monoisotopic (exact) mass is 691 g/mol. The maximum Gasteiger partial charge on any atom is 2.00 e. The second kappa shape index (κ2) is 44.3. The van der Waals surface area contributed by atoms with Crippen molar-refractivity contribution in [1.29, 1.82) is 0 Å². The molecule has 0 saturated carbocycles. The molecule has 4 nitrogen and oxygen atoms in total. The molecule has 0 saturated heterocycles. The van der Waals surface area contributed by atoms with E-state index in [0.29, 0.717) is 0 Å². The number of aliphatic carboxylic acids is 2. The van der Waals surface area contributed by atoms with Gasteiger partial charge in [0, 0.05) is 11.9 Å². The number of carboxylic acids is 2. The predicted molar refractivity (Wildman–Crippen MR) is 159 cm³/mol. The Morgan fingerprint density at radius 3 is 0.895 bits per heavy atom. The number of carbonyl (C=O) groups excluding carboxylic acids is 2. The van der Waals surface area contributed by atoms with Crippen LogP contribution in [0.15, 0.2) is 0 Å². The number of carboxylic acid groups (broad SMARTS) is 2. The predicted octanol–water partition coefficient (Wildman–Crippen LogP) is 8.44. The van der Waals surface area contributed by atoms with Crippen molar-refractivity contribution in [1.82, 2.24) is 0 Å². The summed E-state index contributed by atoms with van der Waals surface area (Å²) in [6.07, 6.45) is 28.2. The van der Waals surface area contributed by atoms with Gasteiger partial charge in [-0.15, -0.1) is 0 Å². The first-order valence-corrected chi connectivity index (χ1v) is 20.1. The molecule has 0 aliphatic rings. The molecule has 0 amide bonds. The van der Waals surface area contributed by atoms with Gasteiger partial charge in [-0.25, -0.2) is 0 Å². The molecule has 0 aliphatic carbocycles. The fraction of sp³-hybridized carbons (Fsp3) is 0.938. The van der Waals surface area contributed by atoms with E-state index >= 15 is 0 Å². The van der Waals surface area contributed by atoms with Crippen molar-refractivity contribution >= 4 is 33.1 Å². The summed E-state index contributed by atoms with van der Waals surface area (Å²) in [6, 6.07) is 0. The normalized spacial score (nSPS) is 9.79. The summed E-state index contributed by atoms with van der Waals surface area (Å²) in [5.74, 6) is -1.82. The van der Waals surface area contributed by atoms with Gasteiger partial charge in [0.25, 0.3) is 0 Å². The molecule has 0 aromatic rings. The SMILES string of the molecule is CCCCCCCCCCCC(=O)[O-].CCCCCCCCCCCC(=O)[O-].CCC[CH2][Sn+2][CH2]CCC.[Co+2]. The molecular formula is C32H64CoO4Sn+2. The minimum Gasteiger partial charge on any atom is 2.00 e. The molecule has 0 aromatic heterocycles. The molecule has 0 fully saturated rings. The van der Waals surface area contributed by atoms with Gasteiger partial charge in [0.2, 0.25) is 0 Å². The van der Waals surface area contributed by atoms with Crippen LogP contribution in [0.4, 0.5) is 0 Å². The van der Waals surface area contributed by atoms with Gasteiger partial charge < -0.3 is 19.8 Å². The Hall–Kier alpha value is 0.245. The Bertz CT molecular complexity index is 398. The van der Waals surface area contributed by atoms with Crippen molar-refractivity contribution in [2.24, 2.45) is 0 Å². The van der Waals surface area contributed by atoms with Crippen molar-refractivity contribution < 1.29 is 36.6 Å². The van der Waals surface area contributed by atoms with Crippen LogP contribution in [0.3, 0.4) is 0 Å². The van der Waals surface area contributed by atoms with Crippen LogP contribution in [-0.4, -0.2) is 33.1 Å². The van der Waals surface area contributed by atoms with Gasteiger partial charge in [0.1, 0.15) is 0 Å². The number of unbranched alkanes of at least 4 members (excludes halogenated alkanes) is 18. The third kappa shape index (κ3) is 56.4. The van der Waals surface area contributed by atoms with Crippen LogP contribution in [0.2, 0.25) is 8.87 Å². The van der Waals surface area contributed by atoms with E-state index in [9.17, 15) is 19.8 Å². The molecule has 227 valence electrons. The van der Waals surface area contributed by atoms with Crippen LogP contribution in [0.25, 0.3) is 0 Å². The van der Waals surface area contributed by atoms with E-state index in [1.165, 1.54) is 116 Å². The summed E-state index contributed by atoms with van der Waals surface area (Å²) >= 11 is 0.149. The minimum atomic E-state index is -0.909. The van der Waals surface area contributed by atoms with Crippen LogP contribution in [0, 0.1) is 0 Å². The average molecular weight is 691 g/mol. The van der Waals surface area contributed by atoms with E-state index in [1.807, 2.05) is 0 Å². The molecule has 0 spiro atoms. The van der Waals surface area contributed by atoms with E-state index < -0.39 is 11.9 Å². The zero-order valence-corrected chi connectivity index (χ0v) is 29.7. The molecule has 0 unspecified atom stereocenters. The van der Waals surface area contributed by atoms with Gasteiger partial charge in [-0.3, -0.25) is 0 Å². The fourth-order valence-electron chi connectivity index (χ4n) is 3.89. The Labute approximate surface area is 259 Å². The fourth-order valence-corrected chi connectivity index (χ4v) is 8.05. The molecule has 0 aromatic carbocycles. The zero-order valence-electron chi connectivity index (χ0n) is 25.9. The zero-order chi connectivity index (χ0) is 28.2. The van der Waals surface area contributed by atoms with Crippen LogP contribution in [0.5, 0.6) is 0 Å². The van der Waals surface area contributed by atoms with Crippen molar-refractivity contribution in [3.05, 3.63) is 0 Å². The van der Waals surface area contributed by atoms with Crippen LogP contribution in [-0.2, 0) is 26.4 Å². The number of hydrogen-bond acceptors (Lipinski definition) is 4. The summed E-state index contributed by atoms with van der Waals surface area (Å²) < 4.78 is 3.25. The van der Waals surface area contributed by atoms with Crippen molar-refractivity contribution in [3.63, 3.8) is 0 Å². The maximum absolute atomic E-state index is 10.1. The third-order valence-corrected chi connectivity index (χ3v) is 10.4. The molecule has 38 heavy (non-hydrogen) atoms. The van der Waals surface area contributed by atoms with E-state index in [4.69, 9.17) is 0 Å². The van der Waals surface area contributed by atoms with Crippen molar-refractivity contribution in [2.75, 3.05) is 0 Å². The van der Waals surface area contributed by atoms with Gasteiger partial charge in [-0.05, 0) is 25.7 Å². The first-order chi connectivity index (χ1) is 18.0. The van der Waals surface area contributed by atoms with Gasteiger partial charge in [-0.2, -0.15) is 0 Å². The molecule has 0 heterocycles. The van der Waals surface area contributed by atoms with Crippen LogP contribution < -0.4 is 10.2 Å². The van der Waals surface area contributed by atoms with Crippen LogP contribution in [0.1, 0.15) is 182 Å². The first-order valence-electron chi connectivity index (χ1n) is 16.1. The molecule has 0 rings (SSSR count). The van der Waals surface area contributed by atoms with E-state index in [0.717, 1.165) is 25.7 Å². The second-order valence-electron chi connectivity index (χ2n) is 10.4. The van der Waals surface area contributed by atoms with Gasteiger partial charge >= 0.3 is 86.3 Å². The van der Waals surface area contributed by atoms with Gasteiger partial charge in [0.15, 0.2) is 0 Å². The van der Waals surface area contributed by atoms with E-state index in [1.54, 1.807) is 8.87 Å². The Morgan fingerprint density at radius 2 is 0.658 bits per heavy atom.